The summed E-state index contributed by atoms with van der Waals surface area (Å²) in [6, 6.07) is 0. The molecule has 1 N–H and O–H groups in total. The number of halogens is 1. The van der Waals surface area contributed by atoms with E-state index in [4.69, 9.17) is 4.74 Å². The Balaban J connectivity index is 2.16. The van der Waals surface area contributed by atoms with Crippen molar-refractivity contribution in [2.75, 3.05) is 18.5 Å². The molecule has 94 valence electrons. The van der Waals surface area contributed by atoms with Crippen molar-refractivity contribution in [2.45, 2.75) is 39.2 Å². The molecule has 17 heavy (non-hydrogen) atoms. The van der Waals surface area contributed by atoms with E-state index in [1.165, 1.54) is 0 Å². The Morgan fingerprint density at radius 2 is 2.29 bits per heavy atom. The van der Waals surface area contributed by atoms with Gasteiger partial charge in [0.15, 0.2) is 0 Å². The van der Waals surface area contributed by atoms with Crippen LogP contribution in [0.4, 0.5) is 5.82 Å². The first kappa shape index (κ1) is 13.0. The summed E-state index contributed by atoms with van der Waals surface area (Å²) in [5.74, 6) is 1.85. The van der Waals surface area contributed by atoms with E-state index in [2.05, 4.69) is 44.8 Å². The monoisotopic (exact) mass is 347 g/mol. The third-order valence-electron chi connectivity index (χ3n) is 2.84. The van der Waals surface area contributed by atoms with Crippen molar-refractivity contribution in [3.63, 3.8) is 0 Å². The number of anilines is 1. The molecule has 0 aliphatic carbocycles. The number of ether oxygens (including phenoxy) is 1. The summed E-state index contributed by atoms with van der Waals surface area (Å²) in [6.07, 6.45) is 3.43. The molecular weight excluding hydrogens is 329 g/mol. The van der Waals surface area contributed by atoms with Gasteiger partial charge in [0.1, 0.15) is 11.6 Å². The molecule has 0 spiro atoms. The van der Waals surface area contributed by atoms with Crippen molar-refractivity contribution in [1.82, 2.24) is 9.97 Å². The topological polar surface area (TPSA) is 47.0 Å². The fourth-order valence-corrected chi connectivity index (χ4v) is 2.43. The smallest absolute Gasteiger partial charge is 0.143 e. The van der Waals surface area contributed by atoms with E-state index in [-0.39, 0.29) is 0 Å². The van der Waals surface area contributed by atoms with Gasteiger partial charge in [-0.2, -0.15) is 0 Å². The molecule has 0 aromatic carbocycles. The highest BCUT2D eigenvalue weighted by Crippen LogP contribution is 2.21. The Morgan fingerprint density at radius 3 is 2.94 bits per heavy atom. The highest BCUT2D eigenvalue weighted by molar-refractivity contribution is 14.1. The average molecular weight is 347 g/mol. The molecule has 1 aromatic rings. The van der Waals surface area contributed by atoms with Crippen LogP contribution in [0.3, 0.4) is 0 Å². The molecule has 1 saturated heterocycles. The molecular formula is C12H18IN3O. The molecule has 0 saturated carbocycles. The van der Waals surface area contributed by atoms with Gasteiger partial charge >= 0.3 is 0 Å². The summed E-state index contributed by atoms with van der Waals surface area (Å²) in [4.78, 5) is 9.12. The molecule has 1 atom stereocenters. The normalized spacial score (nSPS) is 19.6. The van der Waals surface area contributed by atoms with Gasteiger partial charge in [-0.3, -0.25) is 0 Å². The van der Waals surface area contributed by atoms with Gasteiger partial charge in [0.05, 0.1) is 15.4 Å². The van der Waals surface area contributed by atoms with E-state index in [1.807, 2.05) is 6.92 Å². The number of aryl methyl sites for hydroxylation is 1. The fourth-order valence-electron chi connectivity index (χ4n) is 2.00. The van der Waals surface area contributed by atoms with Gasteiger partial charge in [-0.15, -0.1) is 0 Å². The van der Waals surface area contributed by atoms with Crippen molar-refractivity contribution in [2.24, 2.45) is 0 Å². The molecule has 1 aromatic heterocycles. The van der Waals surface area contributed by atoms with Crippen LogP contribution in [-0.2, 0) is 11.2 Å². The predicted octanol–water partition coefficient (Wildman–Crippen LogP) is 2.54. The van der Waals surface area contributed by atoms with Crippen molar-refractivity contribution in [3.8, 4) is 0 Å². The summed E-state index contributed by atoms with van der Waals surface area (Å²) in [6.45, 7) is 5.87. The highest BCUT2D eigenvalue weighted by Gasteiger charge is 2.18. The first-order chi connectivity index (χ1) is 8.20. The standard InChI is InChI=1S/C12H18IN3O/c1-3-14-12-11(13)8(2)15-10(16-12)7-9-5-4-6-17-9/h9H,3-7H2,1-2H3,(H,14,15,16). The average Bonchev–Trinajstić information content (AvgIpc) is 2.78. The van der Waals surface area contributed by atoms with Crippen LogP contribution in [0.2, 0.25) is 0 Å². The summed E-state index contributed by atoms with van der Waals surface area (Å²) >= 11 is 2.29. The maximum atomic E-state index is 5.62. The Kier molecular flexibility index (Phi) is 4.55. The Labute approximate surface area is 116 Å². The summed E-state index contributed by atoms with van der Waals surface area (Å²) in [5, 5.41) is 3.28. The van der Waals surface area contributed by atoms with E-state index >= 15 is 0 Å². The minimum atomic E-state index is 0.309. The molecule has 0 radical (unpaired) electrons. The molecule has 1 fully saturated rings. The van der Waals surface area contributed by atoms with Gasteiger partial charge in [-0.1, -0.05) is 0 Å². The lowest BCUT2D eigenvalue weighted by molar-refractivity contribution is 0.110. The van der Waals surface area contributed by atoms with Crippen LogP contribution in [-0.4, -0.2) is 29.2 Å². The number of rotatable bonds is 4. The van der Waals surface area contributed by atoms with Crippen molar-refractivity contribution in [3.05, 3.63) is 15.1 Å². The van der Waals surface area contributed by atoms with E-state index in [0.29, 0.717) is 6.10 Å². The van der Waals surface area contributed by atoms with Crippen LogP contribution >= 0.6 is 22.6 Å². The minimum absolute atomic E-state index is 0.309. The zero-order valence-corrected chi connectivity index (χ0v) is 12.5. The van der Waals surface area contributed by atoms with Gasteiger partial charge in [-0.25, -0.2) is 9.97 Å². The lowest BCUT2D eigenvalue weighted by Crippen LogP contribution is -2.14. The summed E-state index contributed by atoms with van der Waals surface area (Å²) in [7, 11) is 0. The largest absolute Gasteiger partial charge is 0.378 e. The third kappa shape index (κ3) is 3.28. The van der Waals surface area contributed by atoms with Crippen LogP contribution in [0.5, 0.6) is 0 Å². The van der Waals surface area contributed by atoms with Gasteiger partial charge in [-0.05, 0) is 49.3 Å². The van der Waals surface area contributed by atoms with Crippen LogP contribution in [0.1, 0.15) is 31.3 Å². The number of hydrogen-bond donors (Lipinski definition) is 1. The Bertz CT molecular complexity index is 392. The number of nitrogens with one attached hydrogen (secondary N) is 1. The van der Waals surface area contributed by atoms with Gasteiger partial charge in [0.25, 0.3) is 0 Å². The molecule has 4 nitrogen and oxygen atoms in total. The first-order valence-corrected chi connectivity index (χ1v) is 7.17. The number of hydrogen-bond acceptors (Lipinski definition) is 4. The summed E-state index contributed by atoms with van der Waals surface area (Å²) < 4.78 is 6.74. The zero-order valence-electron chi connectivity index (χ0n) is 10.3. The van der Waals surface area contributed by atoms with E-state index < -0.39 is 0 Å². The number of aromatic nitrogens is 2. The minimum Gasteiger partial charge on any atom is -0.378 e. The third-order valence-corrected chi connectivity index (χ3v) is 4.13. The van der Waals surface area contributed by atoms with Gasteiger partial charge < -0.3 is 10.1 Å². The number of nitrogens with zero attached hydrogens (tertiary/aromatic N) is 2. The maximum Gasteiger partial charge on any atom is 0.143 e. The highest BCUT2D eigenvalue weighted by atomic mass is 127. The lowest BCUT2D eigenvalue weighted by atomic mass is 10.2. The van der Waals surface area contributed by atoms with Crippen molar-refractivity contribution in [1.29, 1.82) is 0 Å². The molecule has 0 bridgehead atoms. The predicted molar refractivity (Wildman–Crippen MR) is 76.3 cm³/mol. The molecule has 1 aliphatic rings. The maximum absolute atomic E-state index is 5.62. The van der Waals surface area contributed by atoms with Gasteiger partial charge in [0, 0.05) is 19.6 Å². The molecule has 5 heteroatoms. The van der Waals surface area contributed by atoms with Crippen LogP contribution < -0.4 is 5.32 Å². The molecule has 1 unspecified atom stereocenters. The Morgan fingerprint density at radius 1 is 1.47 bits per heavy atom. The van der Waals surface area contributed by atoms with Crippen LogP contribution in [0, 0.1) is 10.5 Å². The molecule has 0 amide bonds. The molecule has 2 rings (SSSR count). The fraction of sp³-hybridized carbons (Fsp3) is 0.667. The second kappa shape index (κ2) is 5.95. The lowest BCUT2D eigenvalue weighted by Gasteiger charge is -2.12. The quantitative estimate of drug-likeness (QED) is 0.851. The first-order valence-electron chi connectivity index (χ1n) is 6.09. The second-order valence-electron chi connectivity index (χ2n) is 4.26. The van der Waals surface area contributed by atoms with Crippen LogP contribution in [0.15, 0.2) is 0 Å². The zero-order chi connectivity index (χ0) is 12.3. The molecule has 2 heterocycles. The van der Waals surface area contributed by atoms with Crippen LogP contribution in [0.25, 0.3) is 0 Å². The SMILES string of the molecule is CCNc1nc(CC2CCCO2)nc(C)c1I. The molecule has 1 aliphatic heterocycles. The Hall–Kier alpha value is -0.430. The van der Waals surface area contributed by atoms with E-state index in [0.717, 1.165) is 53.3 Å². The van der Waals surface area contributed by atoms with E-state index in [1.54, 1.807) is 0 Å². The van der Waals surface area contributed by atoms with Crippen molar-refractivity contribution < 1.29 is 4.74 Å². The summed E-state index contributed by atoms with van der Waals surface area (Å²) in [5.41, 5.74) is 1.05. The van der Waals surface area contributed by atoms with Gasteiger partial charge in [0.2, 0.25) is 0 Å². The van der Waals surface area contributed by atoms with Crippen molar-refractivity contribution >= 4 is 28.4 Å². The van der Waals surface area contributed by atoms with E-state index in [9.17, 15) is 0 Å². The second-order valence-corrected chi connectivity index (χ2v) is 5.34.